The molecular weight excluding hydrogens is 330 g/mol. The van der Waals surface area contributed by atoms with Crippen LogP contribution in [-0.4, -0.2) is 28.7 Å². The van der Waals surface area contributed by atoms with E-state index in [9.17, 15) is 0 Å². The van der Waals surface area contributed by atoms with Crippen LogP contribution >= 0.6 is 23.1 Å². The number of ether oxygens (including phenoxy) is 1. The number of nitrogens with zero attached hydrogens (tertiary/aromatic N) is 2. The van der Waals surface area contributed by atoms with E-state index in [1.807, 2.05) is 12.1 Å². The van der Waals surface area contributed by atoms with E-state index < -0.39 is 0 Å². The van der Waals surface area contributed by atoms with Gasteiger partial charge in [-0.3, -0.25) is 0 Å². The molecule has 1 aliphatic rings. The zero-order valence-corrected chi connectivity index (χ0v) is 15.0. The van der Waals surface area contributed by atoms with Crippen LogP contribution in [0.2, 0.25) is 0 Å². The fourth-order valence-corrected chi connectivity index (χ4v) is 4.42. The molecule has 5 nitrogen and oxygen atoms in total. The molecule has 1 aliphatic carbocycles. The van der Waals surface area contributed by atoms with Crippen molar-refractivity contribution >= 4 is 28.2 Å². The number of furan rings is 1. The Balaban J connectivity index is 1.34. The summed E-state index contributed by atoms with van der Waals surface area (Å²) in [4.78, 5) is 0. The monoisotopic (exact) mass is 353 g/mol. The van der Waals surface area contributed by atoms with Crippen LogP contribution in [0, 0.1) is 5.92 Å². The van der Waals surface area contributed by atoms with Gasteiger partial charge in [0, 0.05) is 5.75 Å². The first kappa shape index (κ1) is 16.8. The minimum absolute atomic E-state index is 0.448. The Bertz CT molecular complexity index is 574. The van der Waals surface area contributed by atoms with Gasteiger partial charge in [0.15, 0.2) is 4.34 Å². The highest BCUT2D eigenvalue weighted by atomic mass is 32.2. The summed E-state index contributed by atoms with van der Waals surface area (Å²) in [5.41, 5.74) is 0. The van der Waals surface area contributed by atoms with Crippen molar-refractivity contribution in [3.05, 3.63) is 24.2 Å². The summed E-state index contributed by atoms with van der Waals surface area (Å²) in [6.45, 7) is 3.72. The fourth-order valence-electron chi connectivity index (χ4n) is 2.77. The van der Waals surface area contributed by atoms with E-state index in [2.05, 4.69) is 22.4 Å². The van der Waals surface area contributed by atoms with Gasteiger partial charge in [-0.1, -0.05) is 42.9 Å². The van der Waals surface area contributed by atoms with Crippen molar-refractivity contribution in [2.45, 2.75) is 49.6 Å². The predicted octanol–water partition coefficient (Wildman–Crippen LogP) is 4.43. The Labute approximate surface area is 145 Å². The van der Waals surface area contributed by atoms with Gasteiger partial charge in [-0.15, -0.1) is 10.2 Å². The van der Waals surface area contributed by atoms with Gasteiger partial charge in [0.25, 0.3) is 0 Å². The lowest BCUT2D eigenvalue weighted by Gasteiger charge is -2.28. The van der Waals surface area contributed by atoms with E-state index in [4.69, 9.17) is 9.15 Å². The van der Waals surface area contributed by atoms with Gasteiger partial charge in [0.2, 0.25) is 5.13 Å². The molecule has 0 aliphatic heterocycles. The molecule has 0 saturated heterocycles. The maximum Gasteiger partial charge on any atom is 0.206 e. The second-order valence-electron chi connectivity index (χ2n) is 5.83. The highest BCUT2D eigenvalue weighted by Gasteiger charge is 2.21. The Morgan fingerprint density at radius 2 is 2.30 bits per heavy atom. The lowest BCUT2D eigenvalue weighted by atomic mass is 9.88. The zero-order valence-electron chi connectivity index (χ0n) is 13.4. The Kier molecular flexibility index (Phi) is 6.36. The SMILES string of the molecule is CC1CCCCC1OCCSc1nnc(NCc2ccco2)s1. The van der Waals surface area contributed by atoms with E-state index >= 15 is 0 Å². The average molecular weight is 354 g/mol. The summed E-state index contributed by atoms with van der Waals surface area (Å²) >= 11 is 3.28. The van der Waals surface area contributed by atoms with E-state index in [1.165, 1.54) is 25.7 Å². The van der Waals surface area contributed by atoms with Crippen LogP contribution in [0.3, 0.4) is 0 Å². The number of aromatic nitrogens is 2. The Morgan fingerprint density at radius 3 is 3.13 bits per heavy atom. The number of nitrogens with one attached hydrogen (secondary N) is 1. The second-order valence-corrected chi connectivity index (χ2v) is 8.15. The molecule has 1 saturated carbocycles. The van der Waals surface area contributed by atoms with Gasteiger partial charge >= 0.3 is 0 Å². The molecule has 23 heavy (non-hydrogen) atoms. The Hall–Kier alpha value is -1.05. The normalized spacial score (nSPS) is 21.4. The van der Waals surface area contributed by atoms with E-state index in [0.29, 0.717) is 18.6 Å². The van der Waals surface area contributed by atoms with Crippen LogP contribution < -0.4 is 5.32 Å². The summed E-state index contributed by atoms with van der Waals surface area (Å²) in [6, 6.07) is 3.82. The second kappa shape index (κ2) is 8.70. The van der Waals surface area contributed by atoms with E-state index in [0.717, 1.165) is 27.6 Å². The van der Waals surface area contributed by atoms with Crippen LogP contribution in [0.25, 0.3) is 0 Å². The molecule has 0 aromatic carbocycles. The van der Waals surface area contributed by atoms with Gasteiger partial charge in [0.05, 0.1) is 25.5 Å². The number of anilines is 1. The first-order valence-electron chi connectivity index (χ1n) is 8.15. The van der Waals surface area contributed by atoms with Crippen molar-refractivity contribution < 1.29 is 9.15 Å². The van der Waals surface area contributed by atoms with Crippen molar-refractivity contribution in [3.8, 4) is 0 Å². The highest BCUT2D eigenvalue weighted by Crippen LogP contribution is 2.28. The van der Waals surface area contributed by atoms with Crippen LogP contribution in [0.4, 0.5) is 5.13 Å². The van der Waals surface area contributed by atoms with Gasteiger partial charge in [-0.2, -0.15) is 0 Å². The molecule has 2 atom stereocenters. The lowest BCUT2D eigenvalue weighted by Crippen LogP contribution is -2.26. The summed E-state index contributed by atoms with van der Waals surface area (Å²) in [5.74, 6) is 2.52. The summed E-state index contributed by atoms with van der Waals surface area (Å²) in [7, 11) is 0. The summed E-state index contributed by atoms with van der Waals surface area (Å²) in [6.07, 6.45) is 7.30. The molecule has 2 aromatic rings. The molecule has 0 radical (unpaired) electrons. The molecule has 1 N–H and O–H groups in total. The largest absolute Gasteiger partial charge is 0.467 e. The third-order valence-corrected chi connectivity index (χ3v) is 6.05. The maximum absolute atomic E-state index is 6.03. The molecule has 126 valence electrons. The maximum atomic E-state index is 6.03. The molecule has 1 fully saturated rings. The van der Waals surface area contributed by atoms with Crippen molar-refractivity contribution in [3.63, 3.8) is 0 Å². The predicted molar refractivity (Wildman–Crippen MR) is 94.0 cm³/mol. The molecule has 7 heteroatoms. The van der Waals surface area contributed by atoms with Crippen LogP contribution in [0.1, 0.15) is 38.4 Å². The number of thioether (sulfide) groups is 1. The molecule has 2 aromatic heterocycles. The van der Waals surface area contributed by atoms with Gasteiger partial charge in [-0.25, -0.2) is 0 Å². The molecule has 2 unspecified atom stereocenters. The lowest BCUT2D eigenvalue weighted by molar-refractivity contribution is 0.00347. The molecule has 2 heterocycles. The molecule has 0 spiro atoms. The fraction of sp³-hybridized carbons (Fsp3) is 0.625. The minimum atomic E-state index is 0.448. The summed E-state index contributed by atoms with van der Waals surface area (Å²) < 4.78 is 12.3. The van der Waals surface area contributed by atoms with Crippen molar-refractivity contribution in [2.75, 3.05) is 17.7 Å². The number of hydrogen-bond acceptors (Lipinski definition) is 7. The standard InChI is InChI=1S/C16H23N3O2S2/c1-12-5-2-3-7-14(12)21-9-10-22-16-19-18-15(23-16)17-11-13-6-4-8-20-13/h4,6,8,12,14H,2-3,5,7,9-11H2,1H3,(H,17,18). The van der Waals surface area contributed by atoms with E-state index in [-0.39, 0.29) is 0 Å². The van der Waals surface area contributed by atoms with Crippen molar-refractivity contribution in [1.29, 1.82) is 0 Å². The molecular formula is C16H23N3O2S2. The van der Waals surface area contributed by atoms with Gasteiger partial charge < -0.3 is 14.5 Å². The number of rotatable bonds is 8. The van der Waals surface area contributed by atoms with Crippen molar-refractivity contribution in [1.82, 2.24) is 10.2 Å². The molecule has 3 rings (SSSR count). The summed E-state index contributed by atoms with van der Waals surface area (Å²) in [5, 5.41) is 12.4. The van der Waals surface area contributed by atoms with Crippen LogP contribution in [-0.2, 0) is 11.3 Å². The first-order valence-corrected chi connectivity index (χ1v) is 9.95. The van der Waals surface area contributed by atoms with Gasteiger partial charge in [-0.05, 0) is 30.9 Å². The number of hydrogen-bond donors (Lipinski definition) is 1. The third-order valence-electron chi connectivity index (χ3n) is 4.07. The highest BCUT2D eigenvalue weighted by molar-refractivity contribution is 8.01. The minimum Gasteiger partial charge on any atom is -0.467 e. The quantitative estimate of drug-likeness (QED) is 0.559. The van der Waals surface area contributed by atoms with Crippen LogP contribution in [0.5, 0.6) is 0 Å². The average Bonchev–Trinajstić information content (AvgIpc) is 3.23. The smallest absolute Gasteiger partial charge is 0.206 e. The Morgan fingerprint density at radius 1 is 1.39 bits per heavy atom. The van der Waals surface area contributed by atoms with Crippen molar-refractivity contribution in [2.24, 2.45) is 5.92 Å². The third kappa shape index (κ3) is 5.22. The first-order chi connectivity index (χ1) is 11.3. The topological polar surface area (TPSA) is 60.2 Å². The zero-order chi connectivity index (χ0) is 15.9. The van der Waals surface area contributed by atoms with Crippen LogP contribution in [0.15, 0.2) is 27.2 Å². The van der Waals surface area contributed by atoms with E-state index in [1.54, 1.807) is 29.4 Å². The molecule has 0 amide bonds. The van der Waals surface area contributed by atoms with Gasteiger partial charge in [0.1, 0.15) is 5.76 Å². The molecule has 0 bridgehead atoms.